The van der Waals surface area contributed by atoms with Crippen molar-refractivity contribution in [3.8, 4) is 0 Å². The molecule has 0 aliphatic heterocycles. The summed E-state index contributed by atoms with van der Waals surface area (Å²) in [6.07, 6.45) is 4.47. The molecule has 1 aliphatic carbocycles. The molecule has 1 nitrogen and oxygen atoms in total. The van der Waals surface area contributed by atoms with Gasteiger partial charge in [-0.1, -0.05) is 18.6 Å². The summed E-state index contributed by atoms with van der Waals surface area (Å²) >= 11 is 0. The predicted molar refractivity (Wildman–Crippen MR) is 42.7 cm³/mol. The van der Waals surface area contributed by atoms with Crippen LogP contribution in [-0.2, 0) is 4.74 Å². The van der Waals surface area contributed by atoms with Crippen molar-refractivity contribution in [2.75, 3.05) is 0 Å². The Hall–Kier alpha value is -0.860. The maximum absolute atomic E-state index is 11.8. The van der Waals surface area contributed by atoms with E-state index in [2.05, 4.69) is 4.74 Å². The fourth-order valence-corrected chi connectivity index (χ4v) is 1.16. The maximum atomic E-state index is 11.8. The van der Waals surface area contributed by atoms with Crippen molar-refractivity contribution in [3.05, 3.63) is 23.5 Å². The minimum absolute atomic E-state index is 0.0719. The van der Waals surface area contributed by atoms with E-state index in [4.69, 9.17) is 0 Å². The third-order valence-corrected chi connectivity index (χ3v) is 1.87. The molecule has 0 aromatic rings. The normalized spacial score (nSPS) is 23.6. The standard InChI is InChI=1S/C9H12F2O/c1-6-3-4-7(2)8(5-6)12-9(10)11/h3,5,7,9H,4H2,1-2H3. The highest BCUT2D eigenvalue weighted by atomic mass is 19.3. The molecule has 68 valence electrons. The van der Waals surface area contributed by atoms with Gasteiger partial charge in [-0.15, -0.1) is 0 Å². The summed E-state index contributed by atoms with van der Waals surface area (Å²) < 4.78 is 28.0. The Morgan fingerprint density at radius 2 is 2.25 bits per heavy atom. The molecular weight excluding hydrogens is 162 g/mol. The summed E-state index contributed by atoms with van der Waals surface area (Å²) in [6.45, 7) is 1.04. The first-order chi connectivity index (χ1) is 5.59. The lowest BCUT2D eigenvalue weighted by Gasteiger charge is -2.19. The van der Waals surface area contributed by atoms with Gasteiger partial charge in [-0.25, -0.2) is 0 Å². The first-order valence-corrected chi connectivity index (χ1v) is 3.92. The summed E-state index contributed by atoms with van der Waals surface area (Å²) in [7, 11) is 0. The molecule has 1 atom stereocenters. The Labute approximate surface area is 70.7 Å². The highest BCUT2D eigenvalue weighted by Crippen LogP contribution is 2.25. The van der Waals surface area contributed by atoms with Crippen LogP contribution in [0.4, 0.5) is 8.78 Å². The van der Waals surface area contributed by atoms with Gasteiger partial charge in [0.05, 0.1) is 0 Å². The van der Waals surface area contributed by atoms with Gasteiger partial charge in [-0.3, -0.25) is 0 Å². The Morgan fingerprint density at radius 3 is 2.83 bits per heavy atom. The van der Waals surface area contributed by atoms with E-state index in [-0.39, 0.29) is 5.92 Å². The fourth-order valence-electron chi connectivity index (χ4n) is 1.16. The van der Waals surface area contributed by atoms with E-state index in [1.165, 1.54) is 0 Å². The quantitative estimate of drug-likeness (QED) is 0.625. The lowest BCUT2D eigenvalue weighted by molar-refractivity contribution is -0.104. The zero-order valence-electron chi connectivity index (χ0n) is 7.18. The van der Waals surface area contributed by atoms with Crippen molar-refractivity contribution < 1.29 is 13.5 Å². The maximum Gasteiger partial charge on any atom is 0.387 e. The third-order valence-electron chi connectivity index (χ3n) is 1.87. The van der Waals surface area contributed by atoms with E-state index < -0.39 is 6.61 Å². The third kappa shape index (κ3) is 2.32. The predicted octanol–water partition coefficient (Wildman–Crippen LogP) is 3.10. The lowest BCUT2D eigenvalue weighted by Crippen LogP contribution is -2.09. The van der Waals surface area contributed by atoms with Gasteiger partial charge in [-0.05, 0) is 19.4 Å². The second-order valence-electron chi connectivity index (χ2n) is 3.01. The van der Waals surface area contributed by atoms with Gasteiger partial charge >= 0.3 is 6.61 Å². The number of alkyl halides is 2. The van der Waals surface area contributed by atoms with Crippen molar-refractivity contribution in [3.63, 3.8) is 0 Å². The summed E-state index contributed by atoms with van der Waals surface area (Å²) in [6, 6.07) is 0. The Bertz CT molecular complexity index is 219. The van der Waals surface area contributed by atoms with Crippen molar-refractivity contribution in [2.24, 2.45) is 5.92 Å². The van der Waals surface area contributed by atoms with Gasteiger partial charge in [-0.2, -0.15) is 8.78 Å². The summed E-state index contributed by atoms with van der Waals surface area (Å²) in [4.78, 5) is 0. The number of ether oxygens (including phenoxy) is 1. The molecule has 12 heavy (non-hydrogen) atoms. The molecule has 0 aromatic heterocycles. The fraction of sp³-hybridized carbons (Fsp3) is 0.556. The molecule has 0 spiro atoms. The topological polar surface area (TPSA) is 9.23 Å². The second kappa shape index (κ2) is 3.70. The number of hydrogen-bond acceptors (Lipinski definition) is 1. The molecule has 1 unspecified atom stereocenters. The van der Waals surface area contributed by atoms with Gasteiger partial charge in [0, 0.05) is 5.92 Å². The molecule has 1 aliphatic rings. The molecule has 0 fully saturated rings. The first kappa shape index (κ1) is 9.23. The van der Waals surface area contributed by atoms with E-state index in [0.29, 0.717) is 5.76 Å². The van der Waals surface area contributed by atoms with Crippen LogP contribution in [0.15, 0.2) is 23.5 Å². The van der Waals surface area contributed by atoms with Gasteiger partial charge in [0.15, 0.2) is 0 Å². The number of rotatable bonds is 2. The molecule has 1 rings (SSSR count). The van der Waals surface area contributed by atoms with Crippen LogP contribution >= 0.6 is 0 Å². The van der Waals surface area contributed by atoms with Crippen LogP contribution in [0.25, 0.3) is 0 Å². The largest absolute Gasteiger partial charge is 0.439 e. The summed E-state index contributed by atoms with van der Waals surface area (Å²) in [5, 5.41) is 0. The van der Waals surface area contributed by atoms with Gasteiger partial charge in [0.25, 0.3) is 0 Å². The average molecular weight is 174 g/mol. The number of allylic oxidation sites excluding steroid dienone is 4. The van der Waals surface area contributed by atoms with E-state index in [0.717, 1.165) is 12.0 Å². The summed E-state index contributed by atoms with van der Waals surface area (Å²) in [5.74, 6) is 0.465. The number of halogens is 2. The number of hydrogen-bond donors (Lipinski definition) is 0. The van der Waals surface area contributed by atoms with Crippen LogP contribution < -0.4 is 0 Å². The van der Waals surface area contributed by atoms with E-state index >= 15 is 0 Å². The molecule has 3 heteroatoms. The monoisotopic (exact) mass is 174 g/mol. The molecule has 0 amide bonds. The molecule has 0 bridgehead atoms. The minimum Gasteiger partial charge on any atom is -0.439 e. The van der Waals surface area contributed by atoms with Crippen LogP contribution in [0.5, 0.6) is 0 Å². The van der Waals surface area contributed by atoms with E-state index in [9.17, 15) is 8.78 Å². The smallest absolute Gasteiger partial charge is 0.387 e. The van der Waals surface area contributed by atoms with Crippen molar-refractivity contribution in [2.45, 2.75) is 26.9 Å². The molecule has 0 saturated carbocycles. The Balaban J connectivity index is 2.65. The van der Waals surface area contributed by atoms with E-state index in [1.807, 2.05) is 19.9 Å². The van der Waals surface area contributed by atoms with Crippen LogP contribution in [0.2, 0.25) is 0 Å². The van der Waals surface area contributed by atoms with E-state index in [1.54, 1.807) is 6.08 Å². The van der Waals surface area contributed by atoms with Crippen LogP contribution in [0, 0.1) is 5.92 Å². The molecule has 0 N–H and O–H groups in total. The Kier molecular flexibility index (Phi) is 2.84. The van der Waals surface area contributed by atoms with Crippen LogP contribution in [0.3, 0.4) is 0 Å². The molecule has 0 heterocycles. The minimum atomic E-state index is -2.70. The van der Waals surface area contributed by atoms with Gasteiger partial charge in [0.2, 0.25) is 0 Å². The molecule has 0 radical (unpaired) electrons. The molecule has 0 saturated heterocycles. The zero-order valence-corrected chi connectivity index (χ0v) is 7.18. The van der Waals surface area contributed by atoms with Crippen molar-refractivity contribution in [1.82, 2.24) is 0 Å². The Morgan fingerprint density at radius 1 is 1.58 bits per heavy atom. The van der Waals surface area contributed by atoms with Crippen LogP contribution in [-0.4, -0.2) is 6.61 Å². The second-order valence-corrected chi connectivity index (χ2v) is 3.01. The SMILES string of the molecule is CC1=CCC(C)C(OC(F)F)=C1. The van der Waals surface area contributed by atoms with Gasteiger partial charge < -0.3 is 4.74 Å². The van der Waals surface area contributed by atoms with Crippen molar-refractivity contribution >= 4 is 0 Å². The van der Waals surface area contributed by atoms with Crippen molar-refractivity contribution in [1.29, 1.82) is 0 Å². The molecule has 0 aromatic carbocycles. The lowest BCUT2D eigenvalue weighted by atomic mass is 9.97. The summed E-state index contributed by atoms with van der Waals surface area (Å²) in [5.41, 5.74) is 0.990. The van der Waals surface area contributed by atoms with Crippen LogP contribution in [0.1, 0.15) is 20.3 Å². The van der Waals surface area contributed by atoms with Gasteiger partial charge in [0.1, 0.15) is 5.76 Å². The highest BCUT2D eigenvalue weighted by molar-refractivity contribution is 5.24. The average Bonchev–Trinajstić information content (AvgIpc) is 1.96. The highest BCUT2D eigenvalue weighted by Gasteiger charge is 2.16. The molecular formula is C9H12F2O. The zero-order chi connectivity index (χ0) is 9.14. The first-order valence-electron chi connectivity index (χ1n) is 3.92.